The summed E-state index contributed by atoms with van der Waals surface area (Å²) < 4.78 is 0.655. The van der Waals surface area contributed by atoms with Gasteiger partial charge in [0.1, 0.15) is 0 Å². The number of anilines is 2. The van der Waals surface area contributed by atoms with Crippen molar-refractivity contribution < 1.29 is 14.7 Å². The van der Waals surface area contributed by atoms with Crippen LogP contribution in [-0.4, -0.2) is 17.0 Å². The normalized spacial score (nSPS) is 17.8. The van der Waals surface area contributed by atoms with Crippen LogP contribution >= 0.6 is 27.5 Å². The molecule has 0 radical (unpaired) electrons. The van der Waals surface area contributed by atoms with E-state index >= 15 is 0 Å². The van der Waals surface area contributed by atoms with Crippen molar-refractivity contribution in [3.63, 3.8) is 0 Å². The van der Waals surface area contributed by atoms with Gasteiger partial charge in [0.15, 0.2) is 0 Å². The van der Waals surface area contributed by atoms with E-state index in [0.29, 0.717) is 20.9 Å². The predicted molar refractivity (Wildman–Crippen MR) is 119 cm³/mol. The lowest BCUT2D eigenvalue weighted by Gasteiger charge is -2.42. The number of amides is 3. The van der Waals surface area contributed by atoms with Crippen molar-refractivity contribution >= 4 is 50.8 Å². The molecule has 3 N–H and O–H groups in total. The van der Waals surface area contributed by atoms with E-state index < -0.39 is 17.7 Å². The van der Waals surface area contributed by atoms with Crippen LogP contribution in [0.15, 0.2) is 77.3 Å². The summed E-state index contributed by atoms with van der Waals surface area (Å²) in [6.45, 7) is 0.196. The Bertz CT molecular complexity index is 1110. The molecule has 4 rings (SSSR count). The molecule has 8 heteroatoms. The van der Waals surface area contributed by atoms with Gasteiger partial charge in [-0.15, -0.1) is 0 Å². The second kappa shape index (κ2) is 8.10. The summed E-state index contributed by atoms with van der Waals surface area (Å²) in [6.07, 6.45) is 0. The molecule has 3 amide bonds. The smallest absolute Gasteiger partial charge is 0.329 e. The largest absolute Gasteiger partial charge is 0.359 e. The van der Waals surface area contributed by atoms with Crippen LogP contribution in [0.4, 0.5) is 16.2 Å². The summed E-state index contributed by atoms with van der Waals surface area (Å²) >= 11 is 9.35. The number of urea groups is 1. The number of hydrogen-bond acceptors (Lipinski definition) is 3. The van der Waals surface area contributed by atoms with Crippen LogP contribution < -0.4 is 15.5 Å². The third-order valence-corrected chi connectivity index (χ3v) is 5.57. The van der Waals surface area contributed by atoms with E-state index in [1.807, 2.05) is 30.3 Å². The fourth-order valence-corrected chi connectivity index (χ4v) is 3.86. The number of fused-ring (bicyclic) bond motifs is 1. The molecule has 0 aliphatic carbocycles. The zero-order valence-corrected chi connectivity index (χ0v) is 17.9. The molecule has 0 saturated heterocycles. The summed E-state index contributed by atoms with van der Waals surface area (Å²) in [5.41, 5.74) is -0.491. The second-order valence-corrected chi connectivity index (χ2v) is 8.12. The standard InChI is InChI=1S/C22H17BrClN3O3/c23-15-6-11-19-18(12-15)22(30,20(28)25-13-14-4-2-1-3-5-14)27(21(29)26-19)17-9-7-16(24)8-10-17/h1-12,30H,13H2,(H,25,28)(H,26,29)/t22-/m0/s1. The maximum absolute atomic E-state index is 13.3. The van der Waals surface area contributed by atoms with E-state index in [2.05, 4.69) is 26.6 Å². The number of aliphatic hydroxyl groups is 1. The summed E-state index contributed by atoms with van der Waals surface area (Å²) in [6, 6.07) is 20.0. The summed E-state index contributed by atoms with van der Waals surface area (Å²) in [5, 5.41) is 17.7. The molecule has 1 aliphatic rings. The Balaban J connectivity index is 1.79. The molecular weight excluding hydrogens is 470 g/mol. The molecule has 0 saturated carbocycles. The van der Waals surface area contributed by atoms with Crippen molar-refractivity contribution in [1.82, 2.24) is 5.32 Å². The first-order valence-electron chi connectivity index (χ1n) is 9.11. The highest BCUT2D eigenvalue weighted by atomic mass is 79.9. The molecule has 1 aliphatic heterocycles. The highest BCUT2D eigenvalue weighted by Crippen LogP contribution is 2.41. The van der Waals surface area contributed by atoms with Crippen molar-refractivity contribution in [2.45, 2.75) is 12.3 Å². The maximum Gasteiger partial charge on any atom is 0.329 e. The predicted octanol–water partition coefficient (Wildman–Crippen LogP) is 4.62. The molecule has 152 valence electrons. The molecular formula is C22H17BrClN3O3. The van der Waals surface area contributed by atoms with Gasteiger partial charge >= 0.3 is 6.03 Å². The number of carbonyl (C=O) groups is 2. The van der Waals surface area contributed by atoms with Gasteiger partial charge < -0.3 is 15.7 Å². The van der Waals surface area contributed by atoms with E-state index in [1.165, 1.54) is 0 Å². The van der Waals surface area contributed by atoms with E-state index in [9.17, 15) is 14.7 Å². The average Bonchev–Trinajstić information content (AvgIpc) is 2.74. The van der Waals surface area contributed by atoms with E-state index in [-0.39, 0.29) is 12.1 Å². The van der Waals surface area contributed by atoms with Gasteiger partial charge in [-0.1, -0.05) is 57.9 Å². The van der Waals surface area contributed by atoms with Crippen LogP contribution in [0.25, 0.3) is 0 Å². The minimum Gasteiger partial charge on any atom is -0.359 e. The van der Waals surface area contributed by atoms with E-state index in [1.54, 1.807) is 42.5 Å². The number of rotatable bonds is 4. The van der Waals surface area contributed by atoms with E-state index in [0.717, 1.165) is 10.5 Å². The molecule has 30 heavy (non-hydrogen) atoms. The number of nitrogens with one attached hydrogen (secondary N) is 2. The summed E-state index contributed by atoms with van der Waals surface area (Å²) in [4.78, 5) is 27.3. The Morgan fingerprint density at radius 3 is 2.50 bits per heavy atom. The topological polar surface area (TPSA) is 81.7 Å². The van der Waals surface area contributed by atoms with E-state index in [4.69, 9.17) is 11.6 Å². The molecule has 0 fully saturated rings. The Labute approximate surface area is 186 Å². The maximum atomic E-state index is 13.3. The number of halogens is 2. The minimum absolute atomic E-state index is 0.196. The quantitative estimate of drug-likeness (QED) is 0.503. The lowest BCUT2D eigenvalue weighted by molar-refractivity contribution is -0.140. The first kappa shape index (κ1) is 20.4. The fourth-order valence-electron chi connectivity index (χ4n) is 3.37. The fraction of sp³-hybridized carbons (Fsp3) is 0.0909. The lowest BCUT2D eigenvalue weighted by Crippen LogP contribution is -2.62. The first-order chi connectivity index (χ1) is 14.4. The lowest BCUT2D eigenvalue weighted by atomic mass is 9.94. The van der Waals surface area contributed by atoms with Crippen molar-refractivity contribution in [3.8, 4) is 0 Å². The molecule has 3 aromatic rings. The third-order valence-electron chi connectivity index (χ3n) is 4.82. The first-order valence-corrected chi connectivity index (χ1v) is 10.3. The van der Waals surface area contributed by atoms with Crippen molar-refractivity contribution in [2.75, 3.05) is 10.2 Å². The Morgan fingerprint density at radius 2 is 1.80 bits per heavy atom. The van der Waals surface area contributed by atoms with Gasteiger partial charge in [0, 0.05) is 27.3 Å². The van der Waals surface area contributed by atoms with Crippen molar-refractivity contribution in [1.29, 1.82) is 0 Å². The average molecular weight is 487 g/mol. The zero-order valence-electron chi connectivity index (χ0n) is 15.6. The van der Waals surface area contributed by atoms with Crippen LogP contribution in [-0.2, 0) is 17.1 Å². The molecule has 0 aromatic heterocycles. The van der Waals surface area contributed by atoms with Gasteiger partial charge in [0.2, 0.25) is 0 Å². The Kier molecular flexibility index (Phi) is 5.51. The SMILES string of the molecule is O=C1Nc2ccc(Br)cc2[C@](O)(C(=O)NCc2ccccc2)N1c1ccc(Cl)cc1. The van der Waals surface area contributed by atoms with Crippen molar-refractivity contribution in [2.24, 2.45) is 0 Å². The number of hydrogen-bond donors (Lipinski definition) is 3. The van der Waals surface area contributed by atoms with Crippen molar-refractivity contribution in [3.05, 3.63) is 93.4 Å². The van der Waals surface area contributed by atoms with Gasteiger partial charge in [0.05, 0.1) is 5.69 Å². The molecule has 1 atom stereocenters. The Hall–Kier alpha value is -2.87. The van der Waals surface area contributed by atoms with Gasteiger partial charge in [0.25, 0.3) is 11.6 Å². The highest BCUT2D eigenvalue weighted by molar-refractivity contribution is 9.10. The second-order valence-electron chi connectivity index (χ2n) is 6.77. The highest BCUT2D eigenvalue weighted by Gasteiger charge is 2.52. The van der Waals surface area contributed by atoms with Gasteiger partial charge in [-0.05, 0) is 48.0 Å². The van der Waals surface area contributed by atoms with Gasteiger partial charge in [-0.3, -0.25) is 9.69 Å². The molecule has 3 aromatic carbocycles. The van der Waals surface area contributed by atoms with Crippen LogP contribution in [0.5, 0.6) is 0 Å². The van der Waals surface area contributed by atoms with Crippen LogP contribution in [0.3, 0.4) is 0 Å². The molecule has 0 unspecified atom stereocenters. The number of nitrogens with zero attached hydrogens (tertiary/aromatic N) is 1. The summed E-state index contributed by atoms with van der Waals surface area (Å²) in [7, 11) is 0. The zero-order chi connectivity index (χ0) is 21.3. The monoisotopic (exact) mass is 485 g/mol. The molecule has 0 bridgehead atoms. The minimum atomic E-state index is -2.27. The van der Waals surface area contributed by atoms with Gasteiger partial charge in [-0.25, -0.2) is 4.79 Å². The molecule has 1 heterocycles. The van der Waals surface area contributed by atoms with Gasteiger partial charge in [-0.2, -0.15) is 0 Å². The Morgan fingerprint density at radius 1 is 1.10 bits per heavy atom. The molecule has 0 spiro atoms. The number of benzene rings is 3. The number of carbonyl (C=O) groups excluding carboxylic acids is 2. The molecule has 6 nitrogen and oxygen atoms in total. The summed E-state index contributed by atoms with van der Waals surface area (Å²) in [5.74, 6) is -0.726. The van der Waals surface area contributed by atoms with Crippen LogP contribution in [0.2, 0.25) is 5.02 Å². The van der Waals surface area contributed by atoms with Crippen LogP contribution in [0.1, 0.15) is 11.1 Å². The third kappa shape index (κ3) is 3.67. The van der Waals surface area contributed by atoms with Crippen LogP contribution in [0, 0.1) is 0 Å².